The van der Waals surface area contributed by atoms with Crippen LogP contribution in [0.15, 0.2) is 76.6 Å². The lowest BCUT2D eigenvalue weighted by Gasteiger charge is -2.23. The number of aliphatic carboxylic acids is 1. The number of ether oxygens (including phenoxy) is 3. The number of carboxylic acids is 1. The molecule has 2 aromatic carbocycles. The second-order valence-corrected chi connectivity index (χ2v) is 12.4. The number of aromatic nitrogens is 2. The zero-order chi connectivity index (χ0) is 38.8. The van der Waals surface area contributed by atoms with Crippen molar-refractivity contribution in [1.29, 1.82) is 0 Å². The Bertz CT molecular complexity index is 1790. The molecule has 0 unspecified atom stereocenters. The first-order chi connectivity index (χ1) is 25.2. The molecule has 0 spiro atoms. The van der Waals surface area contributed by atoms with Crippen LogP contribution in [-0.4, -0.2) is 94.0 Å². The largest absolute Gasteiger partial charge is 0.480 e. The van der Waals surface area contributed by atoms with Crippen LogP contribution in [0.4, 0.5) is 20.2 Å². The number of anilines is 1. The SMILES string of the molecule is Cc1cn(CC(=O)N(CCNC(=O)OC(C)(C)C)CC(=O)O)c(=O)nc1NCCN/C(=N\C(=O)OCc1ccccc1)NC(=O)OCc1ccccc1. The molecule has 5 N–H and O–H groups in total. The predicted octanol–water partition coefficient (Wildman–Crippen LogP) is 2.61. The molecule has 284 valence electrons. The second kappa shape index (κ2) is 20.4. The summed E-state index contributed by atoms with van der Waals surface area (Å²) in [5.74, 6) is -2.01. The van der Waals surface area contributed by atoms with Gasteiger partial charge in [0, 0.05) is 37.9 Å². The topological polar surface area (TPSA) is 232 Å². The zero-order valence-corrected chi connectivity index (χ0v) is 29.9. The van der Waals surface area contributed by atoms with E-state index in [4.69, 9.17) is 14.2 Å². The maximum absolute atomic E-state index is 13.0. The number of carbonyl (C=O) groups excluding carboxylic acids is 4. The predicted molar refractivity (Wildman–Crippen MR) is 192 cm³/mol. The van der Waals surface area contributed by atoms with Gasteiger partial charge in [-0.25, -0.2) is 19.2 Å². The van der Waals surface area contributed by atoms with Gasteiger partial charge in [-0.15, -0.1) is 4.99 Å². The minimum absolute atomic E-state index is 0.0229. The fourth-order valence-electron chi connectivity index (χ4n) is 4.37. The van der Waals surface area contributed by atoms with Crippen molar-refractivity contribution in [3.05, 3.63) is 94.0 Å². The van der Waals surface area contributed by atoms with Gasteiger partial charge in [-0.1, -0.05) is 60.7 Å². The average Bonchev–Trinajstić information content (AvgIpc) is 3.09. The first kappa shape index (κ1) is 41.0. The van der Waals surface area contributed by atoms with E-state index in [1.54, 1.807) is 76.2 Å². The highest BCUT2D eigenvalue weighted by atomic mass is 16.6. The molecular formula is C35H44N8O10. The Morgan fingerprint density at radius 3 is 2.09 bits per heavy atom. The lowest BCUT2D eigenvalue weighted by molar-refractivity contribution is -0.144. The summed E-state index contributed by atoms with van der Waals surface area (Å²) in [7, 11) is 0. The maximum atomic E-state index is 13.0. The van der Waals surface area contributed by atoms with E-state index in [-0.39, 0.29) is 51.2 Å². The minimum atomic E-state index is -1.28. The first-order valence-electron chi connectivity index (χ1n) is 16.5. The smallest absolute Gasteiger partial charge is 0.437 e. The number of alkyl carbamates (subject to hydrolysis) is 2. The lowest BCUT2D eigenvalue weighted by Crippen LogP contribution is -2.44. The molecule has 0 saturated heterocycles. The van der Waals surface area contributed by atoms with Crippen LogP contribution in [0.3, 0.4) is 0 Å². The minimum Gasteiger partial charge on any atom is -0.480 e. The number of rotatable bonds is 15. The molecule has 0 atom stereocenters. The van der Waals surface area contributed by atoms with Crippen LogP contribution in [-0.2, 0) is 43.6 Å². The van der Waals surface area contributed by atoms with Gasteiger partial charge in [0.2, 0.25) is 11.9 Å². The van der Waals surface area contributed by atoms with E-state index < -0.39 is 54.5 Å². The van der Waals surface area contributed by atoms with Crippen molar-refractivity contribution in [3.63, 3.8) is 0 Å². The van der Waals surface area contributed by atoms with Crippen molar-refractivity contribution < 1.29 is 43.3 Å². The number of amides is 4. The number of carboxylic acid groups (broad SMARTS) is 1. The van der Waals surface area contributed by atoms with E-state index in [0.29, 0.717) is 5.56 Å². The number of benzene rings is 2. The van der Waals surface area contributed by atoms with Crippen LogP contribution >= 0.6 is 0 Å². The number of nitrogens with zero attached hydrogens (tertiary/aromatic N) is 4. The van der Waals surface area contributed by atoms with E-state index in [9.17, 15) is 33.9 Å². The van der Waals surface area contributed by atoms with Crippen molar-refractivity contribution in [1.82, 2.24) is 30.4 Å². The Hall–Kier alpha value is -6.46. The van der Waals surface area contributed by atoms with E-state index in [2.05, 4.69) is 31.2 Å². The molecule has 0 aliphatic carbocycles. The molecule has 0 aliphatic heterocycles. The zero-order valence-electron chi connectivity index (χ0n) is 29.9. The summed E-state index contributed by atoms with van der Waals surface area (Å²) in [5.41, 5.74) is 0.447. The fraction of sp³-hybridized carbons (Fsp3) is 0.371. The second-order valence-electron chi connectivity index (χ2n) is 12.4. The molecule has 1 aromatic heterocycles. The number of aliphatic imine (C=N–C) groups is 1. The molecule has 3 aromatic rings. The highest BCUT2D eigenvalue weighted by molar-refractivity contribution is 5.98. The van der Waals surface area contributed by atoms with E-state index in [0.717, 1.165) is 20.6 Å². The monoisotopic (exact) mass is 736 g/mol. The molecule has 18 heteroatoms. The molecule has 1 heterocycles. The molecule has 3 rings (SSSR count). The number of aryl methyl sites for hydroxylation is 1. The normalized spacial score (nSPS) is 11.1. The van der Waals surface area contributed by atoms with Crippen LogP contribution < -0.4 is 27.0 Å². The van der Waals surface area contributed by atoms with E-state index in [1.165, 1.54) is 6.20 Å². The van der Waals surface area contributed by atoms with Crippen molar-refractivity contribution in [3.8, 4) is 0 Å². The molecule has 4 amide bonds. The number of hydrogen-bond donors (Lipinski definition) is 5. The third-order valence-electron chi connectivity index (χ3n) is 6.76. The number of nitrogens with one attached hydrogen (secondary N) is 4. The van der Waals surface area contributed by atoms with Gasteiger partial charge in [-0.2, -0.15) is 4.98 Å². The summed E-state index contributed by atoms with van der Waals surface area (Å²) < 4.78 is 16.6. The van der Waals surface area contributed by atoms with Gasteiger partial charge in [0.1, 0.15) is 37.7 Å². The third kappa shape index (κ3) is 16.0. The number of carbonyl (C=O) groups is 5. The Kier molecular flexibility index (Phi) is 15.8. The maximum Gasteiger partial charge on any atom is 0.437 e. The summed E-state index contributed by atoms with van der Waals surface area (Å²) in [6.45, 7) is 5.46. The fourth-order valence-corrected chi connectivity index (χ4v) is 4.37. The summed E-state index contributed by atoms with van der Waals surface area (Å²) >= 11 is 0. The summed E-state index contributed by atoms with van der Waals surface area (Å²) in [6, 6.07) is 17.9. The Balaban J connectivity index is 1.58. The average molecular weight is 737 g/mol. The molecular weight excluding hydrogens is 692 g/mol. The molecule has 18 nitrogen and oxygen atoms in total. The summed E-state index contributed by atoms with van der Waals surface area (Å²) in [6.07, 6.45) is -1.18. The van der Waals surface area contributed by atoms with Crippen LogP contribution in [0.5, 0.6) is 0 Å². The quantitative estimate of drug-likeness (QED) is 0.0655. The Morgan fingerprint density at radius 2 is 1.49 bits per heavy atom. The van der Waals surface area contributed by atoms with Crippen LogP contribution in [0.2, 0.25) is 0 Å². The Morgan fingerprint density at radius 1 is 0.868 bits per heavy atom. The molecule has 0 fully saturated rings. The van der Waals surface area contributed by atoms with E-state index in [1.807, 2.05) is 12.1 Å². The third-order valence-corrected chi connectivity index (χ3v) is 6.76. The number of hydrogen-bond acceptors (Lipinski definition) is 11. The highest BCUT2D eigenvalue weighted by Gasteiger charge is 2.20. The highest BCUT2D eigenvalue weighted by Crippen LogP contribution is 2.09. The number of guanidine groups is 1. The van der Waals surface area contributed by atoms with Gasteiger partial charge in [-0.3, -0.25) is 19.5 Å². The summed E-state index contributed by atoms with van der Waals surface area (Å²) in [4.78, 5) is 82.9. The van der Waals surface area contributed by atoms with Gasteiger partial charge in [0.25, 0.3) is 0 Å². The van der Waals surface area contributed by atoms with Gasteiger partial charge >= 0.3 is 29.9 Å². The van der Waals surface area contributed by atoms with E-state index >= 15 is 0 Å². The standard InChI is InChI=1S/C35H44N8O10/c1-24-19-43(20-27(44)42(21-28(45)46)18-17-38-32(48)53-35(2,3)4)31(47)39-29(24)36-15-16-37-30(40-33(49)51-22-25-11-7-5-8-12-25)41-34(50)52-23-26-13-9-6-10-14-26/h5-14,19H,15-18,20-23H2,1-4H3,(H,38,48)(H,45,46)(H,36,39,47)(H2,37,40,41,49,50). The van der Waals surface area contributed by atoms with Crippen molar-refractivity contribution in [2.24, 2.45) is 4.99 Å². The molecule has 53 heavy (non-hydrogen) atoms. The van der Waals surface area contributed by atoms with Crippen LogP contribution in [0.25, 0.3) is 0 Å². The first-order valence-corrected chi connectivity index (χ1v) is 16.5. The van der Waals surface area contributed by atoms with Crippen LogP contribution in [0.1, 0.15) is 37.5 Å². The summed E-state index contributed by atoms with van der Waals surface area (Å²) in [5, 5.41) is 19.9. The molecule has 0 bridgehead atoms. The van der Waals surface area contributed by atoms with Crippen molar-refractivity contribution >= 4 is 41.9 Å². The van der Waals surface area contributed by atoms with Crippen molar-refractivity contribution in [2.75, 3.05) is 38.0 Å². The lowest BCUT2D eigenvalue weighted by atomic mass is 10.2. The van der Waals surface area contributed by atoms with Crippen molar-refractivity contribution in [2.45, 2.75) is 53.1 Å². The van der Waals surface area contributed by atoms with Crippen LogP contribution in [0, 0.1) is 6.92 Å². The molecule has 0 saturated carbocycles. The van der Waals surface area contributed by atoms with Gasteiger partial charge in [-0.05, 0) is 38.8 Å². The molecule has 0 radical (unpaired) electrons. The van der Waals surface area contributed by atoms with Gasteiger partial charge in [0.15, 0.2) is 0 Å². The van der Waals surface area contributed by atoms with Gasteiger partial charge < -0.3 is 40.2 Å². The Labute approximate surface area is 305 Å². The van der Waals surface area contributed by atoms with Gasteiger partial charge in [0.05, 0.1) is 0 Å². The molecule has 0 aliphatic rings.